The topological polar surface area (TPSA) is 80.0 Å². The Hall–Kier alpha value is -1.95. The van der Waals surface area contributed by atoms with Gasteiger partial charge in [-0.25, -0.2) is 4.98 Å². The van der Waals surface area contributed by atoms with Gasteiger partial charge in [-0.2, -0.15) is 0 Å². The van der Waals surface area contributed by atoms with Crippen molar-refractivity contribution in [3.05, 3.63) is 23.0 Å². The van der Waals surface area contributed by atoms with Crippen LogP contribution in [0.5, 0.6) is 0 Å². The molecule has 0 bridgehead atoms. The molecule has 1 amide bonds. The number of nitrogens with zero attached hydrogens (tertiary/aromatic N) is 2. The normalized spacial score (nSPS) is 16.2. The second-order valence-corrected chi connectivity index (χ2v) is 6.66. The van der Waals surface area contributed by atoms with Gasteiger partial charge in [-0.3, -0.25) is 4.79 Å². The molecule has 0 spiro atoms. The Morgan fingerprint density at radius 3 is 2.71 bits per heavy atom. The number of amides is 1. The van der Waals surface area contributed by atoms with E-state index in [0.717, 1.165) is 12.2 Å². The van der Waals surface area contributed by atoms with E-state index in [1.54, 1.807) is 6.07 Å². The summed E-state index contributed by atoms with van der Waals surface area (Å²) in [6.45, 7) is 5.09. The maximum atomic E-state index is 12.5. The number of pyridine rings is 1. The molecule has 2 aromatic rings. The van der Waals surface area contributed by atoms with E-state index >= 15 is 0 Å². The van der Waals surface area contributed by atoms with Crippen LogP contribution in [0.2, 0.25) is 0 Å². The number of hydrogen-bond donors (Lipinski definition) is 2. The van der Waals surface area contributed by atoms with E-state index in [4.69, 9.17) is 4.52 Å². The van der Waals surface area contributed by atoms with Crippen LogP contribution in [0, 0.1) is 13.8 Å². The van der Waals surface area contributed by atoms with Gasteiger partial charge in [0.15, 0.2) is 0 Å². The van der Waals surface area contributed by atoms with Crippen LogP contribution in [0.3, 0.4) is 0 Å². The molecule has 0 saturated heterocycles. The van der Waals surface area contributed by atoms with E-state index < -0.39 is 0 Å². The predicted octanol–water partition coefficient (Wildman–Crippen LogP) is 2.88. The van der Waals surface area contributed by atoms with Gasteiger partial charge in [0.1, 0.15) is 0 Å². The van der Waals surface area contributed by atoms with Gasteiger partial charge in [-0.05, 0) is 32.8 Å². The van der Waals surface area contributed by atoms with Crippen molar-refractivity contribution in [2.75, 3.05) is 13.1 Å². The highest BCUT2D eigenvalue weighted by atomic mass is 16.5. The van der Waals surface area contributed by atoms with Gasteiger partial charge in [0.05, 0.1) is 16.6 Å². The monoisotopic (exact) mass is 330 g/mol. The Labute approximate surface area is 142 Å². The molecule has 1 aliphatic carbocycles. The lowest BCUT2D eigenvalue weighted by Gasteiger charge is -2.16. The molecule has 0 radical (unpaired) electrons. The quantitative estimate of drug-likeness (QED) is 0.651. The fourth-order valence-electron chi connectivity index (χ4n) is 3.43. The van der Waals surface area contributed by atoms with Gasteiger partial charge in [0.25, 0.3) is 11.6 Å². The lowest BCUT2D eigenvalue weighted by atomic mass is 10.1. The molecule has 0 unspecified atom stereocenters. The van der Waals surface area contributed by atoms with Crippen LogP contribution < -0.4 is 10.6 Å². The first-order valence-electron chi connectivity index (χ1n) is 8.90. The van der Waals surface area contributed by atoms with Gasteiger partial charge in [0.2, 0.25) is 0 Å². The molecule has 0 aliphatic heterocycles. The molecule has 2 heterocycles. The summed E-state index contributed by atoms with van der Waals surface area (Å²) in [7, 11) is 0. The number of nitrogens with one attached hydrogen (secondary N) is 2. The number of carbonyl (C=O) groups is 1. The highest BCUT2D eigenvalue weighted by Crippen LogP contribution is 2.21. The average Bonchev–Trinajstić information content (AvgIpc) is 2.77. The Morgan fingerprint density at radius 1 is 1.21 bits per heavy atom. The van der Waals surface area contributed by atoms with Gasteiger partial charge >= 0.3 is 0 Å². The van der Waals surface area contributed by atoms with E-state index in [1.807, 2.05) is 13.8 Å². The van der Waals surface area contributed by atoms with Crippen molar-refractivity contribution in [1.82, 2.24) is 20.8 Å². The first-order valence-corrected chi connectivity index (χ1v) is 8.90. The fraction of sp³-hybridized carbons (Fsp3) is 0.611. The van der Waals surface area contributed by atoms with Gasteiger partial charge < -0.3 is 15.2 Å². The SMILES string of the molecule is Cc1cc(C(=O)NCCNC2CCCCCC2)c2c(C)noc2n1. The lowest BCUT2D eigenvalue weighted by Crippen LogP contribution is -2.37. The molecule has 1 fully saturated rings. The molecule has 130 valence electrons. The van der Waals surface area contributed by atoms with E-state index in [0.29, 0.717) is 34.9 Å². The van der Waals surface area contributed by atoms with Gasteiger partial charge in [-0.1, -0.05) is 30.8 Å². The first kappa shape index (κ1) is 16.9. The van der Waals surface area contributed by atoms with Crippen LogP contribution in [-0.2, 0) is 0 Å². The fourth-order valence-corrected chi connectivity index (χ4v) is 3.43. The number of aromatic nitrogens is 2. The smallest absolute Gasteiger partial charge is 0.258 e. The van der Waals surface area contributed by atoms with E-state index in [9.17, 15) is 4.79 Å². The zero-order valence-electron chi connectivity index (χ0n) is 14.5. The molecule has 2 N–H and O–H groups in total. The molecule has 3 rings (SSSR count). The third-order valence-electron chi connectivity index (χ3n) is 4.69. The van der Waals surface area contributed by atoms with E-state index in [1.165, 1.54) is 38.5 Å². The summed E-state index contributed by atoms with van der Waals surface area (Å²) in [5.74, 6) is -0.0977. The third kappa shape index (κ3) is 3.93. The number of hydrogen-bond acceptors (Lipinski definition) is 5. The van der Waals surface area contributed by atoms with Crippen LogP contribution >= 0.6 is 0 Å². The summed E-state index contributed by atoms with van der Waals surface area (Å²) in [6, 6.07) is 2.39. The molecular weight excluding hydrogens is 304 g/mol. The summed E-state index contributed by atoms with van der Waals surface area (Å²) in [6.07, 6.45) is 7.82. The molecular formula is C18H26N4O2. The van der Waals surface area contributed by atoms with Crippen molar-refractivity contribution in [3.8, 4) is 0 Å². The van der Waals surface area contributed by atoms with Crippen molar-refractivity contribution < 1.29 is 9.32 Å². The average molecular weight is 330 g/mol. The Morgan fingerprint density at radius 2 is 1.96 bits per heavy atom. The minimum atomic E-state index is -0.0977. The number of rotatable bonds is 5. The van der Waals surface area contributed by atoms with Crippen molar-refractivity contribution >= 4 is 17.0 Å². The van der Waals surface area contributed by atoms with Crippen molar-refractivity contribution in [2.24, 2.45) is 0 Å². The summed E-state index contributed by atoms with van der Waals surface area (Å²) in [5, 5.41) is 11.2. The zero-order valence-corrected chi connectivity index (χ0v) is 14.5. The van der Waals surface area contributed by atoms with Crippen molar-refractivity contribution in [3.63, 3.8) is 0 Å². The number of aryl methyl sites for hydroxylation is 2. The largest absolute Gasteiger partial charge is 0.351 e. The summed E-state index contributed by atoms with van der Waals surface area (Å²) < 4.78 is 5.18. The highest BCUT2D eigenvalue weighted by molar-refractivity contribution is 6.06. The molecule has 1 aliphatic rings. The zero-order chi connectivity index (χ0) is 16.9. The molecule has 0 aromatic carbocycles. The van der Waals surface area contributed by atoms with Gasteiger partial charge in [0, 0.05) is 24.8 Å². The predicted molar refractivity (Wildman–Crippen MR) is 93.1 cm³/mol. The third-order valence-corrected chi connectivity index (χ3v) is 4.69. The van der Waals surface area contributed by atoms with Crippen LogP contribution in [0.1, 0.15) is 60.3 Å². The highest BCUT2D eigenvalue weighted by Gasteiger charge is 2.17. The molecule has 6 heteroatoms. The van der Waals surface area contributed by atoms with Crippen LogP contribution in [0.15, 0.2) is 10.6 Å². The molecule has 0 atom stereocenters. The van der Waals surface area contributed by atoms with E-state index in [2.05, 4.69) is 20.8 Å². The minimum Gasteiger partial charge on any atom is -0.351 e. The summed E-state index contributed by atoms with van der Waals surface area (Å²) >= 11 is 0. The number of fused-ring (bicyclic) bond motifs is 1. The van der Waals surface area contributed by atoms with Crippen LogP contribution in [-0.4, -0.2) is 35.2 Å². The Bertz CT molecular complexity index is 702. The van der Waals surface area contributed by atoms with Crippen molar-refractivity contribution in [1.29, 1.82) is 0 Å². The number of carbonyl (C=O) groups excluding carboxylic acids is 1. The Kier molecular flexibility index (Phi) is 5.45. The second-order valence-electron chi connectivity index (χ2n) is 6.66. The second kappa shape index (κ2) is 7.75. The maximum absolute atomic E-state index is 12.5. The molecule has 2 aromatic heterocycles. The molecule has 1 saturated carbocycles. The summed E-state index contributed by atoms with van der Waals surface area (Å²) in [4.78, 5) is 16.8. The van der Waals surface area contributed by atoms with Crippen LogP contribution in [0.4, 0.5) is 0 Å². The molecule has 6 nitrogen and oxygen atoms in total. The molecule has 24 heavy (non-hydrogen) atoms. The standard InChI is InChI=1S/C18H26N4O2/c1-12-11-15(16-13(2)22-24-18(16)21-12)17(23)20-10-9-19-14-7-5-3-4-6-8-14/h11,14,19H,3-10H2,1-2H3,(H,20,23). The van der Waals surface area contributed by atoms with E-state index in [-0.39, 0.29) is 5.91 Å². The first-order chi connectivity index (χ1) is 11.6. The minimum absolute atomic E-state index is 0.0977. The lowest BCUT2D eigenvalue weighted by molar-refractivity contribution is 0.0955. The van der Waals surface area contributed by atoms with Crippen LogP contribution in [0.25, 0.3) is 11.1 Å². The van der Waals surface area contributed by atoms with Gasteiger partial charge in [-0.15, -0.1) is 0 Å². The maximum Gasteiger partial charge on any atom is 0.258 e. The Balaban J connectivity index is 1.56. The van der Waals surface area contributed by atoms with Crippen molar-refractivity contribution in [2.45, 2.75) is 58.4 Å². The summed E-state index contributed by atoms with van der Waals surface area (Å²) in [5.41, 5.74) is 2.46.